The van der Waals surface area contributed by atoms with E-state index in [9.17, 15) is 18.8 Å². The zero-order chi connectivity index (χ0) is 19.0. The van der Waals surface area contributed by atoms with E-state index in [-0.39, 0.29) is 24.1 Å². The third kappa shape index (κ3) is 3.05. The van der Waals surface area contributed by atoms with Crippen molar-refractivity contribution < 1.29 is 9.18 Å². The normalized spacial score (nSPS) is 12.9. The first-order valence-corrected chi connectivity index (χ1v) is 8.38. The van der Waals surface area contributed by atoms with Gasteiger partial charge in [0.2, 0.25) is 5.95 Å². The second-order valence-corrected chi connectivity index (χ2v) is 6.14. The van der Waals surface area contributed by atoms with Crippen molar-refractivity contribution in [3.63, 3.8) is 0 Å². The van der Waals surface area contributed by atoms with Crippen molar-refractivity contribution in [1.82, 2.24) is 14.3 Å². The number of carbonyl (C=O) groups is 1. The summed E-state index contributed by atoms with van der Waals surface area (Å²) in [4.78, 5) is 38.9. The predicted octanol–water partition coefficient (Wildman–Crippen LogP) is 1.58. The molecule has 0 aliphatic carbocycles. The van der Waals surface area contributed by atoms with Crippen LogP contribution in [-0.4, -0.2) is 26.7 Å². The van der Waals surface area contributed by atoms with E-state index < -0.39 is 11.1 Å². The fourth-order valence-electron chi connectivity index (χ4n) is 3.05. The predicted molar refractivity (Wildman–Crippen MR) is 96.9 cm³/mol. The second kappa shape index (κ2) is 6.64. The van der Waals surface area contributed by atoms with Gasteiger partial charge in [0, 0.05) is 24.3 Å². The van der Waals surface area contributed by atoms with E-state index in [4.69, 9.17) is 0 Å². The summed E-state index contributed by atoms with van der Waals surface area (Å²) < 4.78 is 15.4. The molecule has 136 valence electrons. The van der Waals surface area contributed by atoms with Crippen LogP contribution in [0, 0.1) is 5.82 Å². The van der Waals surface area contributed by atoms with Crippen LogP contribution in [0.4, 0.5) is 16.0 Å². The number of carbonyl (C=O) groups excluding carboxylic acids is 1. The van der Waals surface area contributed by atoms with Crippen LogP contribution in [0.5, 0.6) is 0 Å². The average Bonchev–Trinajstić information content (AvgIpc) is 3.11. The molecule has 0 amide bonds. The minimum absolute atomic E-state index is 0.257. The number of ketones is 1. The molecule has 4 rings (SSSR count). The molecule has 0 fully saturated rings. The topological polar surface area (TPSA) is 77.2 Å². The van der Waals surface area contributed by atoms with Gasteiger partial charge in [0.25, 0.3) is 0 Å². The van der Waals surface area contributed by atoms with Crippen LogP contribution in [0.3, 0.4) is 0 Å². The molecule has 7 nitrogen and oxygen atoms in total. The zero-order valence-corrected chi connectivity index (χ0v) is 14.2. The quantitative estimate of drug-likeness (QED) is 0.518. The Bertz CT molecular complexity index is 1120. The molecule has 0 saturated heterocycles. The van der Waals surface area contributed by atoms with Crippen LogP contribution >= 0.6 is 0 Å². The first kappa shape index (κ1) is 16.9. The Balaban J connectivity index is 1.73. The first-order chi connectivity index (χ1) is 13.0. The highest BCUT2D eigenvalue weighted by Gasteiger charge is 2.26. The highest BCUT2D eigenvalue weighted by atomic mass is 19.1. The molecule has 0 radical (unpaired) electrons. The third-order valence-electron chi connectivity index (χ3n) is 4.43. The van der Waals surface area contributed by atoms with Crippen molar-refractivity contribution in [2.24, 2.45) is 0 Å². The Hall–Kier alpha value is -3.55. The Morgan fingerprint density at radius 3 is 2.37 bits per heavy atom. The van der Waals surface area contributed by atoms with Gasteiger partial charge in [0.1, 0.15) is 12.4 Å². The highest BCUT2D eigenvalue weighted by Crippen LogP contribution is 2.26. The monoisotopic (exact) mass is 366 g/mol. The molecule has 2 heterocycles. The number of fused-ring (bicyclic) bond motifs is 1. The molecule has 0 unspecified atom stereocenters. The van der Waals surface area contributed by atoms with Crippen LogP contribution in [-0.2, 0) is 13.1 Å². The summed E-state index contributed by atoms with van der Waals surface area (Å²) in [5.74, 6) is -0.435. The van der Waals surface area contributed by atoms with E-state index in [0.717, 1.165) is 4.68 Å². The van der Waals surface area contributed by atoms with Gasteiger partial charge in [-0.2, -0.15) is 0 Å². The average molecular weight is 366 g/mol. The van der Waals surface area contributed by atoms with Gasteiger partial charge in [0.05, 0.1) is 0 Å². The van der Waals surface area contributed by atoms with Crippen molar-refractivity contribution in [2.45, 2.75) is 13.1 Å². The van der Waals surface area contributed by atoms with Crippen LogP contribution in [0.25, 0.3) is 0 Å². The van der Waals surface area contributed by atoms with E-state index in [0.29, 0.717) is 24.3 Å². The minimum Gasteiger partial charge on any atom is -0.309 e. The molecule has 3 aromatic rings. The second-order valence-electron chi connectivity index (χ2n) is 6.14. The third-order valence-corrected chi connectivity index (χ3v) is 4.43. The summed E-state index contributed by atoms with van der Waals surface area (Å²) in [6.45, 7) is 0.383. The Morgan fingerprint density at radius 2 is 1.67 bits per heavy atom. The van der Waals surface area contributed by atoms with Crippen LogP contribution < -0.4 is 16.0 Å². The summed E-state index contributed by atoms with van der Waals surface area (Å²) in [5, 5.41) is 4.24. The maximum atomic E-state index is 13.2. The van der Waals surface area contributed by atoms with Crippen molar-refractivity contribution in [2.75, 3.05) is 11.4 Å². The van der Waals surface area contributed by atoms with Crippen LogP contribution in [0.2, 0.25) is 0 Å². The van der Waals surface area contributed by atoms with Gasteiger partial charge in [-0.05, 0) is 24.3 Å². The molecule has 27 heavy (non-hydrogen) atoms. The lowest BCUT2D eigenvalue weighted by Gasteiger charge is -2.17. The van der Waals surface area contributed by atoms with E-state index in [1.165, 1.54) is 16.7 Å². The Labute approximate surface area is 152 Å². The SMILES string of the molecule is O=C(Cn1nc2n(c(=O)c1=O)CCN2c1ccc(F)cc1)c1ccccc1. The molecule has 8 heteroatoms. The van der Waals surface area contributed by atoms with Crippen LogP contribution in [0.15, 0.2) is 64.2 Å². The molecule has 0 saturated carbocycles. The molecule has 1 aliphatic rings. The molecule has 0 bridgehead atoms. The van der Waals surface area contributed by atoms with E-state index in [1.54, 1.807) is 47.4 Å². The molecule has 1 aromatic heterocycles. The number of hydrogen-bond donors (Lipinski definition) is 0. The highest BCUT2D eigenvalue weighted by molar-refractivity contribution is 5.95. The molecule has 0 N–H and O–H groups in total. The van der Waals surface area contributed by atoms with E-state index in [1.807, 2.05) is 0 Å². The maximum Gasteiger partial charge on any atom is 0.333 e. The van der Waals surface area contributed by atoms with Gasteiger partial charge in [-0.15, -0.1) is 5.10 Å². The largest absolute Gasteiger partial charge is 0.333 e. The van der Waals surface area contributed by atoms with Crippen molar-refractivity contribution >= 4 is 17.4 Å². The lowest BCUT2D eigenvalue weighted by Crippen LogP contribution is -2.43. The minimum atomic E-state index is -0.844. The number of aromatic nitrogens is 3. The van der Waals surface area contributed by atoms with E-state index >= 15 is 0 Å². The number of hydrogen-bond acceptors (Lipinski definition) is 5. The number of halogens is 1. The number of Topliss-reactive ketones (excluding diaryl/α,β-unsaturated/α-hetero) is 1. The summed E-state index contributed by atoms with van der Waals surface area (Å²) in [5.41, 5.74) is -0.495. The van der Waals surface area contributed by atoms with E-state index in [2.05, 4.69) is 5.10 Å². The smallest absolute Gasteiger partial charge is 0.309 e. The summed E-state index contributed by atoms with van der Waals surface area (Å²) >= 11 is 0. The fourth-order valence-corrected chi connectivity index (χ4v) is 3.05. The number of rotatable bonds is 4. The van der Waals surface area contributed by atoms with Gasteiger partial charge < -0.3 is 4.90 Å². The van der Waals surface area contributed by atoms with Gasteiger partial charge >= 0.3 is 11.1 Å². The van der Waals surface area contributed by atoms with Gasteiger partial charge in [-0.1, -0.05) is 30.3 Å². The Morgan fingerprint density at radius 1 is 0.963 bits per heavy atom. The van der Waals surface area contributed by atoms with Gasteiger partial charge in [-0.25, -0.2) is 9.07 Å². The lowest BCUT2D eigenvalue weighted by atomic mass is 10.1. The van der Waals surface area contributed by atoms with Crippen molar-refractivity contribution in [1.29, 1.82) is 0 Å². The molecule has 0 spiro atoms. The van der Waals surface area contributed by atoms with Crippen molar-refractivity contribution in [3.8, 4) is 0 Å². The summed E-state index contributed by atoms with van der Waals surface area (Å²) in [6.07, 6.45) is 0. The van der Waals surface area contributed by atoms with Crippen molar-refractivity contribution in [3.05, 3.63) is 86.7 Å². The summed E-state index contributed by atoms with van der Waals surface area (Å²) in [7, 11) is 0. The van der Waals surface area contributed by atoms with Gasteiger partial charge in [0.15, 0.2) is 5.78 Å². The molecule has 2 aromatic carbocycles. The Kier molecular flexibility index (Phi) is 4.15. The standard InChI is InChI=1S/C19H15FN4O3/c20-14-6-8-15(9-7-14)22-10-11-23-17(26)18(27)24(21-19(22)23)12-16(25)13-4-2-1-3-5-13/h1-9H,10-12H2. The number of nitrogens with zero attached hydrogens (tertiary/aromatic N) is 4. The maximum absolute atomic E-state index is 13.2. The summed E-state index contributed by atoms with van der Waals surface area (Å²) in [6, 6.07) is 14.3. The molecular weight excluding hydrogens is 351 g/mol. The fraction of sp³-hybridized carbons (Fsp3) is 0.158. The number of benzene rings is 2. The molecular formula is C19H15FN4O3. The molecule has 1 aliphatic heterocycles. The first-order valence-electron chi connectivity index (χ1n) is 8.38. The lowest BCUT2D eigenvalue weighted by molar-refractivity contribution is 0.0965. The number of anilines is 2. The molecule has 0 atom stereocenters. The zero-order valence-electron chi connectivity index (χ0n) is 14.2. The van der Waals surface area contributed by atoms with Crippen LogP contribution in [0.1, 0.15) is 10.4 Å². The van der Waals surface area contributed by atoms with Gasteiger partial charge in [-0.3, -0.25) is 19.0 Å².